The average Bonchev–Trinajstić information content (AvgIpc) is 2.52. The molecule has 0 amide bonds. The summed E-state index contributed by atoms with van der Waals surface area (Å²) in [7, 11) is 0.311. The number of hydrogen-bond donors (Lipinski definition) is 2. The Hall–Kier alpha value is -0.580. The number of nitrogens with zero attached hydrogens (tertiary/aromatic N) is 2. The van der Waals surface area contributed by atoms with Gasteiger partial charge in [-0.3, -0.25) is 4.99 Å². The van der Waals surface area contributed by atoms with Gasteiger partial charge in [0, 0.05) is 38.8 Å². The van der Waals surface area contributed by atoms with Crippen molar-refractivity contribution < 1.29 is 8.42 Å². The molecule has 0 heterocycles. The standard InChI is InChI=1S/C17H27ClN4O2S.HI/c1-19-17(22(2)13-15-8-3-4-9-16(15)18)20-10-11-25(23,24)21-12-14-6-5-7-14;/h3-4,8-9,14,21H,5-7,10-13H2,1-2H3,(H,19,20);1H. The largest absolute Gasteiger partial charge is 0.355 e. The molecule has 1 aromatic carbocycles. The molecule has 0 unspecified atom stereocenters. The summed E-state index contributed by atoms with van der Waals surface area (Å²) >= 11 is 6.18. The van der Waals surface area contributed by atoms with Gasteiger partial charge < -0.3 is 10.2 Å². The van der Waals surface area contributed by atoms with Crippen molar-refractivity contribution in [3.05, 3.63) is 34.9 Å². The van der Waals surface area contributed by atoms with E-state index in [0.717, 1.165) is 18.4 Å². The van der Waals surface area contributed by atoms with Crippen LogP contribution in [0.4, 0.5) is 0 Å². The number of guanidine groups is 1. The van der Waals surface area contributed by atoms with E-state index in [1.807, 2.05) is 36.2 Å². The fraction of sp³-hybridized carbons (Fsp3) is 0.588. The van der Waals surface area contributed by atoms with Crippen molar-refractivity contribution in [2.75, 3.05) is 32.9 Å². The first-order valence-corrected chi connectivity index (χ1v) is 10.6. The molecule has 0 spiro atoms. The van der Waals surface area contributed by atoms with Crippen molar-refractivity contribution in [2.24, 2.45) is 10.9 Å². The molecule has 1 saturated carbocycles. The molecule has 1 fully saturated rings. The van der Waals surface area contributed by atoms with Gasteiger partial charge in [-0.25, -0.2) is 13.1 Å². The lowest BCUT2D eigenvalue weighted by Crippen LogP contribution is -2.42. The van der Waals surface area contributed by atoms with E-state index < -0.39 is 10.0 Å². The van der Waals surface area contributed by atoms with Crippen LogP contribution in [0.3, 0.4) is 0 Å². The summed E-state index contributed by atoms with van der Waals surface area (Å²) in [6, 6.07) is 7.63. The van der Waals surface area contributed by atoms with Crippen molar-refractivity contribution in [3.8, 4) is 0 Å². The van der Waals surface area contributed by atoms with Crippen LogP contribution >= 0.6 is 35.6 Å². The van der Waals surface area contributed by atoms with E-state index in [2.05, 4.69) is 15.0 Å². The molecule has 1 aliphatic rings. The van der Waals surface area contributed by atoms with Gasteiger partial charge in [-0.05, 0) is 30.4 Å². The van der Waals surface area contributed by atoms with Crippen LogP contribution in [-0.4, -0.2) is 52.2 Å². The van der Waals surface area contributed by atoms with Crippen molar-refractivity contribution in [1.29, 1.82) is 0 Å². The van der Waals surface area contributed by atoms with Gasteiger partial charge in [0.1, 0.15) is 0 Å². The highest BCUT2D eigenvalue weighted by Gasteiger charge is 2.20. The fourth-order valence-corrected chi connectivity index (χ4v) is 3.85. The zero-order valence-corrected chi connectivity index (χ0v) is 19.1. The minimum atomic E-state index is -3.26. The van der Waals surface area contributed by atoms with Gasteiger partial charge in [0.05, 0.1) is 5.75 Å². The third-order valence-corrected chi connectivity index (χ3v) is 6.13. The molecule has 1 aromatic rings. The maximum absolute atomic E-state index is 12.0. The second kappa shape index (κ2) is 11.3. The first-order chi connectivity index (χ1) is 11.9. The number of halogens is 2. The first kappa shape index (κ1) is 23.5. The van der Waals surface area contributed by atoms with Crippen LogP contribution in [0.1, 0.15) is 24.8 Å². The molecule has 0 aromatic heterocycles. The topological polar surface area (TPSA) is 73.8 Å². The number of rotatable bonds is 8. The Kier molecular flexibility index (Phi) is 10.2. The van der Waals surface area contributed by atoms with Crippen molar-refractivity contribution in [2.45, 2.75) is 25.8 Å². The molecule has 2 rings (SSSR count). The Morgan fingerprint density at radius 2 is 2.04 bits per heavy atom. The number of aliphatic imine (C=N–C) groups is 1. The maximum Gasteiger partial charge on any atom is 0.213 e. The average molecular weight is 515 g/mol. The van der Waals surface area contributed by atoms with Gasteiger partial charge in [-0.1, -0.05) is 36.2 Å². The minimum Gasteiger partial charge on any atom is -0.355 e. The van der Waals surface area contributed by atoms with Crippen LogP contribution in [0, 0.1) is 5.92 Å². The monoisotopic (exact) mass is 514 g/mol. The molecule has 0 radical (unpaired) electrons. The molecule has 1 aliphatic carbocycles. The molecule has 0 saturated heterocycles. The van der Waals surface area contributed by atoms with Gasteiger partial charge in [0.2, 0.25) is 10.0 Å². The molecule has 9 heteroatoms. The molecule has 0 aliphatic heterocycles. The molecule has 2 N–H and O–H groups in total. The highest BCUT2D eigenvalue weighted by Crippen LogP contribution is 2.25. The Balaban J connectivity index is 0.00000338. The SMILES string of the molecule is CN=C(NCCS(=O)(=O)NCC1CCC1)N(C)Cc1ccccc1Cl.I. The summed E-state index contributed by atoms with van der Waals surface area (Å²) in [5.74, 6) is 1.17. The Labute approximate surface area is 178 Å². The normalized spacial score (nSPS) is 15.1. The summed E-state index contributed by atoms with van der Waals surface area (Å²) in [5, 5.41) is 3.80. The molecule has 0 bridgehead atoms. The molecular weight excluding hydrogens is 487 g/mol. The van der Waals surface area contributed by atoms with Crippen LogP contribution in [0.5, 0.6) is 0 Å². The maximum atomic E-state index is 12.0. The molecule has 26 heavy (non-hydrogen) atoms. The zero-order valence-electron chi connectivity index (χ0n) is 15.2. The second-order valence-electron chi connectivity index (χ2n) is 6.39. The van der Waals surface area contributed by atoms with E-state index in [9.17, 15) is 8.42 Å². The number of nitrogens with one attached hydrogen (secondary N) is 2. The van der Waals surface area contributed by atoms with Crippen LogP contribution in [0.2, 0.25) is 5.02 Å². The molecular formula is C17H28ClIN4O2S. The van der Waals surface area contributed by atoms with Gasteiger partial charge >= 0.3 is 0 Å². The highest BCUT2D eigenvalue weighted by molar-refractivity contribution is 14.0. The van der Waals surface area contributed by atoms with E-state index in [1.165, 1.54) is 6.42 Å². The summed E-state index contributed by atoms with van der Waals surface area (Å²) in [6.07, 6.45) is 3.46. The first-order valence-electron chi connectivity index (χ1n) is 8.54. The molecule has 0 atom stereocenters. The van der Waals surface area contributed by atoms with Crippen LogP contribution in [0.15, 0.2) is 29.3 Å². The number of hydrogen-bond acceptors (Lipinski definition) is 3. The molecule has 148 valence electrons. The summed E-state index contributed by atoms with van der Waals surface area (Å²) in [5.41, 5.74) is 0.990. The Bertz CT molecular complexity index is 696. The Morgan fingerprint density at radius 3 is 2.62 bits per heavy atom. The van der Waals surface area contributed by atoms with E-state index in [0.29, 0.717) is 36.5 Å². The Morgan fingerprint density at radius 1 is 1.35 bits per heavy atom. The lowest BCUT2D eigenvalue weighted by atomic mass is 9.86. The van der Waals surface area contributed by atoms with Gasteiger partial charge in [-0.15, -0.1) is 24.0 Å². The van der Waals surface area contributed by atoms with Crippen LogP contribution in [-0.2, 0) is 16.6 Å². The smallest absolute Gasteiger partial charge is 0.213 e. The minimum absolute atomic E-state index is 0. The molecule has 6 nitrogen and oxygen atoms in total. The quantitative estimate of drug-likeness (QED) is 0.318. The number of benzene rings is 1. The van der Waals surface area contributed by atoms with Gasteiger partial charge in [0.25, 0.3) is 0 Å². The second-order valence-corrected chi connectivity index (χ2v) is 8.72. The summed E-state index contributed by atoms with van der Waals surface area (Å²) < 4.78 is 26.7. The predicted molar refractivity (Wildman–Crippen MR) is 119 cm³/mol. The number of sulfonamides is 1. The van der Waals surface area contributed by atoms with E-state index in [-0.39, 0.29) is 29.7 Å². The predicted octanol–water partition coefficient (Wildman–Crippen LogP) is 2.68. The van der Waals surface area contributed by atoms with Crippen molar-refractivity contribution >= 4 is 51.6 Å². The van der Waals surface area contributed by atoms with Crippen LogP contribution < -0.4 is 10.0 Å². The van der Waals surface area contributed by atoms with E-state index in [1.54, 1.807) is 7.05 Å². The van der Waals surface area contributed by atoms with Crippen molar-refractivity contribution in [1.82, 2.24) is 14.9 Å². The summed E-state index contributed by atoms with van der Waals surface area (Å²) in [4.78, 5) is 6.12. The lowest BCUT2D eigenvalue weighted by molar-refractivity contribution is 0.316. The van der Waals surface area contributed by atoms with E-state index in [4.69, 9.17) is 11.6 Å². The van der Waals surface area contributed by atoms with Crippen molar-refractivity contribution in [3.63, 3.8) is 0 Å². The highest BCUT2D eigenvalue weighted by atomic mass is 127. The third-order valence-electron chi connectivity index (χ3n) is 4.41. The van der Waals surface area contributed by atoms with E-state index >= 15 is 0 Å². The van der Waals surface area contributed by atoms with Gasteiger partial charge in [0.15, 0.2) is 5.96 Å². The van der Waals surface area contributed by atoms with Crippen LogP contribution in [0.25, 0.3) is 0 Å². The fourth-order valence-electron chi connectivity index (χ4n) is 2.65. The van der Waals surface area contributed by atoms with Gasteiger partial charge in [-0.2, -0.15) is 0 Å². The third kappa shape index (κ3) is 7.58. The summed E-state index contributed by atoms with van der Waals surface area (Å²) in [6.45, 7) is 1.45. The zero-order chi connectivity index (χ0) is 18.3. The lowest BCUT2D eigenvalue weighted by Gasteiger charge is -2.25.